The van der Waals surface area contributed by atoms with Crippen LogP contribution in [0.15, 0.2) is 39.0 Å². The number of phenols is 1. The van der Waals surface area contributed by atoms with E-state index in [1.165, 1.54) is 42.9 Å². The number of aromatic amines is 1. The second-order valence-corrected chi connectivity index (χ2v) is 7.98. The lowest BCUT2D eigenvalue weighted by molar-refractivity contribution is 0.474. The number of nitrogens with zero attached hydrogens (tertiary/aromatic N) is 4. The third-order valence-corrected chi connectivity index (χ3v) is 5.55. The molecule has 3 rings (SSSR count). The molecule has 0 bridgehead atoms. The molecule has 3 aromatic rings. The highest BCUT2D eigenvalue weighted by Gasteiger charge is 2.16. The lowest BCUT2D eigenvalue weighted by Crippen LogP contribution is -2.29. The van der Waals surface area contributed by atoms with E-state index in [4.69, 9.17) is 0 Å². The molecule has 2 aromatic heterocycles. The first kappa shape index (κ1) is 23.3. The van der Waals surface area contributed by atoms with Crippen LogP contribution in [-0.2, 0) is 13.6 Å². The van der Waals surface area contributed by atoms with Crippen molar-refractivity contribution in [1.82, 2.24) is 19.1 Å². The molecular weight excluding hydrogens is 408 g/mol. The average molecular weight is 441 g/mol. The monoisotopic (exact) mass is 440 g/mol. The van der Waals surface area contributed by atoms with E-state index < -0.39 is 11.2 Å². The highest BCUT2D eigenvalue weighted by atomic mass is 16.3. The minimum absolute atomic E-state index is 0.115. The molecule has 2 heterocycles. The van der Waals surface area contributed by atoms with Crippen molar-refractivity contribution in [3.8, 4) is 5.75 Å². The first-order chi connectivity index (χ1) is 15.5. The number of rotatable bonds is 12. The molecule has 3 N–H and O–H groups in total. The summed E-state index contributed by atoms with van der Waals surface area (Å²) in [6.07, 6.45) is 10.9. The van der Waals surface area contributed by atoms with E-state index >= 15 is 0 Å². The van der Waals surface area contributed by atoms with Crippen molar-refractivity contribution in [3.05, 3.63) is 50.7 Å². The van der Waals surface area contributed by atoms with Crippen LogP contribution in [0, 0.1) is 0 Å². The van der Waals surface area contributed by atoms with Gasteiger partial charge in [0, 0.05) is 19.2 Å². The Morgan fingerprint density at radius 2 is 1.78 bits per heavy atom. The molecule has 0 aliphatic rings. The number of aromatic nitrogens is 4. The molecule has 172 valence electrons. The smallest absolute Gasteiger partial charge is 0.329 e. The van der Waals surface area contributed by atoms with Crippen LogP contribution in [0.2, 0.25) is 0 Å². The SMILES string of the molecule is CCCCCCCCCCn1c(N/N=C/c2ccccc2O)nc2c1c(=O)[nH]c(=O)n2C. The second-order valence-electron chi connectivity index (χ2n) is 7.98. The molecule has 0 aliphatic heterocycles. The Bertz CT molecular complexity index is 1170. The van der Waals surface area contributed by atoms with Crippen molar-refractivity contribution < 1.29 is 5.11 Å². The average Bonchev–Trinajstić information content (AvgIpc) is 3.14. The highest BCUT2D eigenvalue weighted by Crippen LogP contribution is 2.18. The number of imidazole rings is 1. The molecule has 32 heavy (non-hydrogen) atoms. The number of aryl methyl sites for hydroxylation is 2. The molecule has 0 saturated heterocycles. The number of hydrogen-bond acceptors (Lipinski definition) is 6. The quantitative estimate of drug-likeness (QED) is 0.225. The number of anilines is 1. The maximum absolute atomic E-state index is 12.5. The number of nitrogens with one attached hydrogen (secondary N) is 2. The number of aromatic hydroxyl groups is 1. The van der Waals surface area contributed by atoms with E-state index in [9.17, 15) is 14.7 Å². The van der Waals surface area contributed by atoms with Gasteiger partial charge in [0.2, 0.25) is 5.95 Å². The highest BCUT2D eigenvalue weighted by molar-refractivity contribution is 5.83. The van der Waals surface area contributed by atoms with Gasteiger partial charge in [0.25, 0.3) is 5.56 Å². The Balaban J connectivity index is 1.76. The molecule has 0 atom stereocenters. The molecule has 0 spiro atoms. The Morgan fingerprint density at radius 1 is 1.09 bits per heavy atom. The fourth-order valence-corrected chi connectivity index (χ4v) is 3.70. The van der Waals surface area contributed by atoms with E-state index in [1.54, 1.807) is 35.9 Å². The first-order valence-electron chi connectivity index (χ1n) is 11.3. The number of hydrogen-bond donors (Lipinski definition) is 3. The lowest BCUT2D eigenvalue weighted by Gasteiger charge is -2.08. The topological polar surface area (TPSA) is 117 Å². The van der Waals surface area contributed by atoms with Crippen molar-refractivity contribution in [3.63, 3.8) is 0 Å². The fraction of sp³-hybridized carbons (Fsp3) is 0.478. The Kier molecular flexibility index (Phi) is 8.24. The number of phenolic OH excluding ortho intramolecular Hbond substituents is 1. The molecule has 0 saturated carbocycles. The van der Waals surface area contributed by atoms with E-state index in [-0.39, 0.29) is 5.75 Å². The summed E-state index contributed by atoms with van der Waals surface area (Å²) in [4.78, 5) is 31.3. The number of hydrazone groups is 1. The maximum atomic E-state index is 12.5. The summed E-state index contributed by atoms with van der Waals surface area (Å²) in [6.45, 7) is 2.80. The van der Waals surface area contributed by atoms with Crippen LogP contribution < -0.4 is 16.7 Å². The summed E-state index contributed by atoms with van der Waals surface area (Å²) in [5, 5.41) is 14.1. The summed E-state index contributed by atoms with van der Waals surface area (Å²) in [6, 6.07) is 6.84. The molecule has 0 radical (unpaired) electrons. The first-order valence-corrected chi connectivity index (χ1v) is 11.3. The van der Waals surface area contributed by atoms with Crippen LogP contribution in [0.1, 0.15) is 63.9 Å². The number of para-hydroxylation sites is 1. The number of benzene rings is 1. The van der Waals surface area contributed by atoms with E-state index in [2.05, 4.69) is 27.4 Å². The van der Waals surface area contributed by atoms with Crippen LogP contribution in [0.4, 0.5) is 5.95 Å². The molecule has 0 amide bonds. The molecular formula is C23H32N6O3. The van der Waals surface area contributed by atoms with Gasteiger partial charge in [-0.25, -0.2) is 10.2 Å². The molecule has 9 heteroatoms. The zero-order valence-electron chi connectivity index (χ0n) is 18.8. The third-order valence-electron chi connectivity index (χ3n) is 5.55. The van der Waals surface area contributed by atoms with Gasteiger partial charge in [-0.05, 0) is 18.6 Å². The Hall–Kier alpha value is -3.36. The number of fused-ring (bicyclic) bond motifs is 1. The van der Waals surface area contributed by atoms with Crippen molar-refractivity contribution in [1.29, 1.82) is 0 Å². The van der Waals surface area contributed by atoms with Crippen molar-refractivity contribution in [2.75, 3.05) is 5.43 Å². The summed E-state index contributed by atoms with van der Waals surface area (Å²) < 4.78 is 3.09. The van der Waals surface area contributed by atoms with Crippen LogP contribution in [0.5, 0.6) is 5.75 Å². The van der Waals surface area contributed by atoms with E-state index in [0.29, 0.717) is 29.2 Å². The van der Waals surface area contributed by atoms with Crippen LogP contribution >= 0.6 is 0 Å². The Labute approximate surface area is 186 Å². The summed E-state index contributed by atoms with van der Waals surface area (Å²) >= 11 is 0. The standard InChI is InChI=1S/C23H32N6O3/c1-3-4-5-6-7-8-9-12-15-29-19-20(28(2)23(32)26-21(19)31)25-22(29)27-24-16-17-13-10-11-14-18(17)30/h10-11,13-14,16,30H,3-9,12,15H2,1-2H3,(H,25,27)(H,26,31,32)/b24-16+. The van der Waals surface area contributed by atoms with Gasteiger partial charge in [-0.1, -0.05) is 64.0 Å². The second kappa shape index (κ2) is 11.3. The van der Waals surface area contributed by atoms with Crippen molar-refractivity contribution >= 4 is 23.3 Å². The van der Waals surface area contributed by atoms with Gasteiger partial charge in [-0.2, -0.15) is 10.1 Å². The van der Waals surface area contributed by atoms with E-state index in [1.807, 2.05) is 0 Å². The van der Waals surface area contributed by atoms with Crippen molar-refractivity contribution in [2.45, 2.75) is 64.8 Å². The fourth-order valence-electron chi connectivity index (χ4n) is 3.70. The number of unbranched alkanes of at least 4 members (excludes halogenated alkanes) is 7. The van der Waals surface area contributed by atoms with E-state index in [0.717, 1.165) is 19.3 Å². The predicted octanol–water partition coefficient (Wildman–Crippen LogP) is 3.72. The molecule has 0 unspecified atom stereocenters. The Morgan fingerprint density at radius 3 is 2.50 bits per heavy atom. The van der Waals surface area contributed by atoms with Gasteiger partial charge in [-0.15, -0.1) is 0 Å². The zero-order chi connectivity index (χ0) is 22.9. The summed E-state index contributed by atoms with van der Waals surface area (Å²) in [5.41, 5.74) is 3.09. The molecule has 0 aliphatic carbocycles. The van der Waals surface area contributed by atoms with Gasteiger partial charge in [-0.3, -0.25) is 14.3 Å². The minimum Gasteiger partial charge on any atom is -0.507 e. The third kappa shape index (κ3) is 5.66. The van der Waals surface area contributed by atoms with Gasteiger partial charge in [0.05, 0.1) is 6.21 Å². The summed E-state index contributed by atoms with van der Waals surface area (Å²) in [7, 11) is 1.57. The summed E-state index contributed by atoms with van der Waals surface area (Å²) in [5.74, 6) is 0.491. The largest absolute Gasteiger partial charge is 0.507 e. The van der Waals surface area contributed by atoms with Crippen LogP contribution in [-0.4, -0.2) is 30.4 Å². The zero-order valence-corrected chi connectivity index (χ0v) is 18.8. The minimum atomic E-state index is -0.511. The molecule has 0 fully saturated rings. The van der Waals surface area contributed by atoms with Gasteiger partial charge < -0.3 is 9.67 Å². The maximum Gasteiger partial charge on any atom is 0.329 e. The van der Waals surface area contributed by atoms with Gasteiger partial charge in [0.15, 0.2) is 11.2 Å². The normalized spacial score (nSPS) is 11.6. The van der Waals surface area contributed by atoms with Gasteiger partial charge >= 0.3 is 5.69 Å². The van der Waals surface area contributed by atoms with Crippen LogP contribution in [0.3, 0.4) is 0 Å². The number of H-pyrrole nitrogens is 1. The predicted molar refractivity (Wildman–Crippen MR) is 128 cm³/mol. The molecule has 1 aromatic carbocycles. The van der Waals surface area contributed by atoms with Crippen LogP contribution in [0.25, 0.3) is 11.2 Å². The lowest BCUT2D eigenvalue weighted by atomic mass is 10.1. The van der Waals surface area contributed by atoms with Gasteiger partial charge in [0.1, 0.15) is 5.75 Å². The molecule has 9 nitrogen and oxygen atoms in total. The van der Waals surface area contributed by atoms with Crippen molar-refractivity contribution in [2.24, 2.45) is 12.1 Å².